The van der Waals surface area contributed by atoms with Crippen LogP contribution in [-0.2, 0) is 38.7 Å². The van der Waals surface area contributed by atoms with E-state index in [1.54, 1.807) is 19.1 Å². The summed E-state index contributed by atoms with van der Waals surface area (Å²) in [5.74, 6) is 3.23. The van der Waals surface area contributed by atoms with Crippen molar-refractivity contribution in [2.75, 3.05) is 53.5 Å². The Kier molecular flexibility index (Phi) is 12.0. The summed E-state index contributed by atoms with van der Waals surface area (Å²) in [6.45, 7) is 28.4. The fourth-order valence-corrected chi connectivity index (χ4v) is 11.9. The van der Waals surface area contributed by atoms with Gasteiger partial charge in [0.2, 0.25) is 0 Å². The summed E-state index contributed by atoms with van der Waals surface area (Å²) in [4.78, 5) is 32.4. The largest absolute Gasteiger partial charge is 0.493 e. The van der Waals surface area contributed by atoms with Crippen molar-refractivity contribution in [1.82, 2.24) is 14.7 Å². The first-order chi connectivity index (χ1) is 31.4. The smallest absolute Gasteiger partial charge is 0.410 e. The molecule has 2 amide bonds. The molecule has 8 rings (SSSR count). The quantitative estimate of drug-likeness (QED) is 0.182. The van der Waals surface area contributed by atoms with Crippen molar-refractivity contribution in [2.45, 2.75) is 149 Å². The first-order valence-electron chi connectivity index (χ1n) is 23.9. The number of amides is 2. The Morgan fingerprint density at radius 1 is 0.701 bits per heavy atom. The molecule has 5 aliphatic rings. The summed E-state index contributed by atoms with van der Waals surface area (Å²) >= 11 is 0. The van der Waals surface area contributed by atoms with Gasteiger partial charge in [-0.25, -0.2) is 9.59 Å². The van der Waals surface area contributed by atoms with Crippen LogP contribution in [0.5, 0.6) is 34.5 Å². The maximum atomic E-state index is 13.3. The summed E-state index contributed by atoms with van der Waals surface area (Å²) in [7, 11) is 3.41. The molecule has 3 aromatic rings. The highest BCUT2D eigenvalue weighted by atomic mass is 16.6. The molecule has 3 aromatic carbocycles. The lowest BCUT2D eigenvalue weighted by Crippen LogP contribution is -2.49. The summed E-state index contributed by atoms with van der Waals surface area (Å²) in [5, 5.41) is 21.1. The second-order valence-electron chi connectivity index (χ2n) is 22.8. The summed E-state index contributed by atoms with van der Waals surface area (Å²) < 4.78 is 38.1. The average Bonchev–Trinajstić information content (AvgIpc) is 3.61. The van der Waals surface area contributed by atoms with Crippen LogP contribution >= 0.6 is 0 Å². The number of benzene rings is 3. The van der Waals surface area contributed by atoms with Gasteiger partial charge >= 0.3 is 12.2 Å². The number of carbonyl (C=O) groups excluding carboxylic acids is 2. The van der Waals surface area contributed by atoms with E-state index in [-0.39, 0.29) is 40.4 Å². The van der Waals surface area contributed by atoms with Crippen LogP contribution < -0.4 is 18.9 Å². The maximum absolute atomic E-state index is 13.3. The van der Waals surface area contributed by atoms with Crippen LogP contribution in [0.3, 0.4) is 0 Å². The molecule has 2 fully saturated rings. The number of hydrogen-bond acceptors (Lipinski definition) is 11. The average molecular weight is 916 g/mol. The zero-order valence-electron chi connectivity index (χ0n) is 42.2. The number of likely N-dealkylation sites (tertiary alicyclic amines) is 1. The molecule has 67 heavy (non-hydrogen) atoms. The minimum Gasteiger partial charge on any atom is -0.493 e. The molecule has 0 N–H and O–H groups in total. The number of ether oxygens (including phenoxy) is 6. The number of nitrogens with zero attached hydrogens (tertiary/aromatic N) is 5. The number of methoxy groups -OCH3 is 2. The van der Waals surface area contributed by atoms with Crippen LogP contribution in [0.2, 0.25) is 0 Å². The number of carbonyl (C=O) groups is 2. The molecule has 0 aromatic heterocycles. The Balaban J connectivity index is 1.30. The monoisotopic (exact) mass is 916 g/mol. The fourth-order valence-electron chi connectivity index (χ4n) is 11.9. The molecule has 1 unspecified atom stereocenters. The first-order valence-corrected chi connectivity index (χ1v) is 23.9. The van der Waals surface area contributed by atoms with Crippen molar-refractivity contribution in [3.05, 3.63) is 67.8 Å². The van der Waals surface area contributed by atoms with Crippen LogP contribution in [0.1, 0.15) is 151 Å². The normalized spacial score (nSPS) is 20.7. The van der Waals surface area contributed by atoms with Gasteiger partial charge in [-0.15, -0.1) is 0 Å². The molecule has 0 radical (unpaired) electrons. The Labute approximate surface area is 397 Å². The zero-order chi connectivity index (χ0) is 48.8. The van der Waals surface area contributed by atoms with Gasteiger partial charge < -0.3 is 38.2 Å². The van der Waals surface area contributed by atoms with Crippen LogP contribution in [0.15, 0.2) is 12.1 Å². The minimum atomic E-state index is -0.595. The number of nitriles is 2. The van der Waals surface area contributed by atoms with E-state index in [4.69, 9.17) is 28.4 Å². The predicted octanol–water partition coefficient (Wildman–Crippen LogP) is 10.9. The van der Waals surface area contributed by atoms with Gasteiger partial charge in [0, 0.05) is 62.4 Å². The van der Waals surface area contributed by atoms with Crippen molar-refractivity contribution >= 4 is 12.2 Å². The van der Waals surface area contributed by atoms with Gasteiger partial charge in [0.1, 0.15) is 34.5 Å². The van der Waals surface area contributed by atoms with Gasteiger partial charge in [-0.05, 0) is 150 Å². The summed E-state index contributed by atoms with van der Waals surface area (Å²) in [6, 6.07) is 9.06. The van der Waals surface area contributed by atoms with Crippen molar-refractivity contribution in [3.63, 3.8) is 0 Å². The number of rotatable bonds is 6. The lowest BCUT2D eigenvalue weighted by Gasteiger charge is -2.38. The standard InChI is InChI=1S/C54H69N5O8/c1-31-32(2)36(27-56)47-46(35(31)26-55)64-41-25-39-42(34(45(41)65-47)23-33-15-17-58(18-16-33)48(60)66-50(3,4)5)54(30-53(39,11)12)29-52(9,10)38-24-40(62-13)44(63-14)37(43(38)54)28-57-19-21-59(22-20-57)49(61)67-51(6,7)8/h24-25,33H,15-23,28-30H2,1-14H3. The molecule has 13 nitrogen and oxygen atoms in total. The topological polar surface area (TPSA) is 147 Å². The van der Waals surface area contributed by atoms with E-state index in [0.29, 0.717) is 97.5 Å². The van der Waals surface area contributed by atoms with Crippen LogP contribution in [-0.4, -0.2) is 91.6 Å². The van der Waals surface area contributed by atoms with Crippen molar-refractivity contribution in [3.8, 4) is 46.6 Å². The molecule has 0 bridgehead atoms. The molecule has 1 spiro atoms. The van der Waals surface area contributed by atoms with Gasteiger partial charge in [-0.3, -0.25) is 4.90 Å². The van der Waals surface area contributed by atoms with E-state index < -0.39 is 16.6 Å². The fraction of sp³-hybridized carbons (Fsp3) is 0.593. The Hall–Kier alpha value is -5.66. The van der Waals surface area contributed by atoms with E-state index >= 15 is 0 Å². The van der Waals surface area contributed by atoms with Crippen molar-refractivity contribution in [1.29, 1.82) is 10.5 Å². The molecule has 2 aliphatic carbocycles. The Morgan fingerprint density at radius 2 is 1.19 bits per heavy atom. The van der Waals surface area contributed by atoms with E-state index in [2.05, 4.69) is 56.9 Å². The SMILES string of the molecule is COc1cc2c(c(CN3CCN(C(=O)OC(C)(C)C)CC3)c1OC)C1(CC2(C)C)CC(C)(C)c2cc3c(c(CC4CCN(C(=O)OC(C)(C)C)CC4)c21)Oc1c(C#N)c(C)c(C)c(C#N)c1O3. The lowest BCUT2D eigenvalue weighted by atomic mass is 9.69. The minimum absolute atomic E-state index is 0.185. The first kappa shape index (κ1) is 47.8. The maximum Gasteiger partial charge on any atom is 0.410 e. The highest BCUT2D eigenvalue weighted by molar-refractivity contribution is 5.76. The highest BCUT2D eigenvalue weighted by Crippen LogP contribution is 2.68. The molecular formula is C54H69N5O8. The molecule has 2 saturated heterocycles. The van der Waals surface area contributed by atoms with E-state index in [0.717, 1.165) is 42.4 Å². The summed E-state index contributed by atoms with van der Waals surface area (Å²) in [6.07, 6.45) is 3.18. The van der Waals surface area contributed by atoms with Crippen LogP contribution in [0, 0.1) is 42.4 Å². The molecule has 3 aliphatic heterocycles. The number of hydrogen-bond donors (Lipinski definition) is 0. The third kappa shape index (κ3) is 8.40. The van der Waals surface area contributed by atoms with Crippen LogP contribution in [0.4, 0.5) is 9.59 Å². The molecule has 13 heteroatoms. The van der Waals surface area contributed by atoms with Gasteiger partial charge in [-0.2, -0.15) is 10.5 Å². The number of piperidine rings is 1. The molecule has 358 valence electrons. The molecule has 1 atom stereocenters. The van der Waals surface area contributed by atoms with Gasteiger partial charge in [0.25, 0.3) is 0 Å². The molecule has 0 saturated carbocycles. The lowest BCUT2D eigenvalue weighted by molar-refractivity contribution is 0.0136. The van der Waals surface area contributed by atoms with E-state index in [1.807, 2.05) is 60.3 Å². The summed E-state index contributed by atoms with van der Waals surface area (Å²) in [5.41, 5.74) is 6.69. The Bertz CT molecular complexity index is 2610. The highest BCUT2D eigenvalue weighted by Gasteiger charge is 2.60. The zero-order valence-corrected chi connectivity index (χ0v) is 42.2. The third-order valence-electron chi connectivity index (χ3n) is 14.8. The van der Waals surface area contributed by atoms with Crippen molar-refractivity contribution < 1.29 is 38.0 Å². The van der Waals surface area contributed by atoms with Crippen LogP contribution in [0.25, 0.3) is 0 Å². The third-order valence-corrected chi connectivity index (χ3v) is 14.8. The Morgan fingerprint density at radius 3 is 1.69 bits per heavy atom. The second-order valence-corrected chi connectivity index (χ2v) is 22.8. The molecule has 3 heterocycles. The van der Waals surface area contributed by atoms with Gasteiger partial charge in [0.15, 0.2) is 34.5 Å². The predicted molar refractivity (Wildman–Crippen MR) is 255 cm³/mol. The van der Waals surface area contributed by atoms with Gasteiger partial charge in [-0.1, -0.05) is 27.7 Å². The van der Waals surface area contributed by atoms with E-state index in [9.17, 15) is 20.1 Å². The number of fused-ring (bicyclic) bond motifs is 6. The molecular weight excluding hydrogens is 847 g/mol. The van der Waals surface area contributed by atoms with Gasteiger partial charge in [0.05, 0.1) is 14.2 Å². The van der Waals surface area contributed by atoms with Crippen molar-refractivity contribution in [2.24, 2.45) is 5.92 Å². The second kappa shape index (κ2) is 16.8. The number of piperazine rings is 1. The van der Waals surface area contributed by atoms with E-state index in [1.165, 1.54) is 16.7 Å².